The number of aliphatic hydroxyl groups is 1. The van der Waals surface area contributed by atoms with Gasteiger partial charge in [0.2, 0.25) is 0 Å². The summed E-state index contributed by atoms with van der Waals surface area (Å²) < 4.78 is 0. The molecule has 0 unspecified atom stereocenters. The largest absolute Gasteiger partial charge is 0.382 e. The predicted molar refractivity (Wildman–Crippen MR) is 82.4 cm³/mol. The molecule has 1 atom stereocenters. The summed E-state index contributed by atoms with van der Waals surface area (Å²) in [5, 5.41) is 12.2. The van der Waals surface area contributed by atoms with Gasteiger partial charge >= 0.3 is 0 Å². The maximum absolute atomic E-state index is 10.1. The molecule has 0 aliphatic rings. The van der Waals surface area contributed by atoms with E-state index in [1.165, 1.54) is 11.1 Å². The van der Waals surface area contributed by atoms with Crippen LogP contribution in [0.1, 0.15) is 42.6 Å². The van der Waals surface area contributed by atoms with E-state index in [2.05, 4.69) is 43.4 Å². The summed E-state index contributed by atoms with van der Waals surface area (Å²) in [5.74, 6) is 0.577. The molecule has 3 N–H and O–H groups in total. The smallest absolute Gasteiger partial charge is 0.128 e. The molecule has 0 aliphatic carbocycles. The monoisotopic (exact) mass is 270 g/mol. The standard InChI is InChI=1S/C18H23NO/c1-14(2)16-10-8-15(9-11-16)12-19-13-18(20)17-6-4-3-5-7-17/h3-11,14,18-20H,12-13H2,1-2H3/p+1/t18-/m1/s1. The number of rotatable bonds is 6. The first-order valence-electron chi connectivity index (χ1n) is 7.30. The summed E-state index contributed by atoms with van der Waals surface area (Å²) in [6.45, 7) is 6.01. The van der Waals surface area contributed by atoms with Gasteiger partial charge in [0.1, 0.15) is 19.2 Å². The lowest BCUT2D eigenvalue weighted by Gasteiger charge is -2.10. The number of nitrogens with two attached hydrogens (primary N) is 1. The van der Waals surface area contributed by atoms with E-state index in [1.807, 2.05) is 30.3 Å². The molecule has 0 radical (unpaired) electrons. The van der Waals surface area contributed by atoms with Gasteiger partial charge in [0.05, 0.1) is 0 Å². The summed E-state index contributed by atoms with van der Waals surface area (Å²) in [7, 11) is 0. The molecule has 0 aromatic heterocycles. The molecule has 0 saturated heterocycles. The number of aliphatic hydroxyl groups excluding tert-OH is 1. The van der Waals surface area contributed by atoms with Crippen LogP contribution >= 0.6 is 0 Å². The molecular weight excluding hydrogens is 246 g/mol. The molecule has 2 nitrogen and oxygen atoms in total. The minimum atomic E-state index is -0.397. The zero-order chi connectivity index (χ0) is 14.4. The second kappa shape index (κ2) is 7.22. The third-order valence-corrected chi connectivity index (χ3v) is 3.60. The van der Waals surface area contributed by atoms with Crippen LogP contribution < -0.4 is 5.32 Å². The van der Waals surface area contributed by atoms with E-state index >= 15 is 0 Å². The number of quaternary nitrogens is 1. The Morgan fingerprint density at radius 1 is 0.900 bits per heavy atom. The average Bonchev–Trinajstić information content (AvgIpc) is 2.48. The topological polar surface area (TPSA) is 36.8 Å². The van der Waals surface area contributed by atoms with Crippen LogP contribution in [0.2, 0.25) is 0 Å². The van der Waals surface area contributed by atoms with Crippen molar-refractivity contribution in [3.05, 3.63) is 71.3 Å². The summed E-state index contributed by atoms with van der Waals surface area (Å²) in [6.07, 6.45) is -0.397. The number of benzene rings is 2. The van der Waals surface area contributed by atoms with Crippen molar-refractivity contribution in [3.8, 4) is 0 Å². The van der Waals surface area contributed by atoms with Crippen LogP contribution in [0.5, 0.6) is 0 Å². The molecule has 0 aliphatic heterocycles. The number of hydrogen-bond donors (Lipinski definition) is 2. The maximum Gasteiger partial charge on any atom is 0.128 e. The molecule has 0 fully saturated rings. The van der Waals surface area contributed by atoms with E-state index in [-0.39, 0.29) is 0 Å². The normalized spacial score (nSPS) is 12.6. The predicted octanol–water partition coefficient (Wildman–Crippen LogP) is 2.61. The Labute approximate surface area is 121 Å². The Morgan fingerprint density at radius 2 is 1.55 bits per heavy atom. The Kier molecular flexibility index (Phi) is 5.33. The van der Waals surface area contributed by atoms with Gasteiger partial charge < -0.3 is 10.4 Å². The molecule has 2 aromatic rings. The summed E-state index contributed by atoms with van der Waals surface area (Å²) in [6, 6.07) is 18.6. The van der Waals surface area contributed by atoms with Gasteiger partial charge in [0.15, 0.2) is 0 Å². The molecule has 2 rings (SSSR count). The minimum absolute atomic E-state index is 0.397. The third-order valence-electron chi connectivity index (χ3n) is 3.60. The molecule has 0 spiro atoms. The van der Waals surface area contributed by atoms with Crippen LogP contribution in [0.3, 0.4) is 0 Å². The Bertz CT molecular complexity index is 505. The van der Waals surface area contributed by atoms with Gasteiger partial charge in [0, 0.05) is 5.56 Å². The molecule has 0 bridgehead atoms. The van der Waals surface area contributed by atoms with E-state index in [0.29, 0.717) is 12.5 Å². The van der Waals surface area contributed by atoms with Crippen LogP contribution in [0.25, 0.3) is 0 Å². The highest BCUT2D eigenvalue weighted by molar-refractivity contribution is 5.24. The highest BCUT2D eigenvalue weighted by Gasteiger charge is 2.08. The van der Waals surface area contributed by atoms with Crippen molar-refractivity contribution in [1.82, 2.24) is 0 Å². The molecule has 0 amide bonds. The van der Waals surface area contributed by atoms with E-state index in [0.717, 1.165) is 12.1 Å². The first-order chi connectivity index (χ1) is 9.66. The lowest BCUT2D eigenvalue weighted by Crippen LogP contribution is -2.83. The van der Waals surface area contributed by atoms with Crippen molar-refractivity contribution >= 4 is 0 Å². The van der Waals surface area contributed by atoms with E-state index < -0.39 is 6.10 Å². The molecule has 0 heterocycles. The zero-order valence-corrected chi connectivity index (χ0v) is 12.3. The van der Waals surface area contributed by atoms with Gasteiger partial charge in [-0.2, -0.15) is 0 Å². The number of hydrogen-bond acceptors (Lipinski definition) is 1. The SMILES string of the molecule is CC(C)c1ccc(C[NH2+]C[C@@H](O)c2ccccc2)cc1. The van der Waals surface area contributed by atoms with Crippen LogP contribution in [0, 0.1) is 0 Å². The van der Waals surface area contributed by atoms with Crippen molar-refractivity contribution < 1.29 is 10.4 Å². The maximum atomic E-state index is 10.1. The van der Waals surface area contributed by atoms with Crippen LogP contribution in [0.15, 0.2) is 54.6 Å². The van der Waals surface area contributed by atoms with Crippen LogP contribution in [-0.2, 0) is 6.54 Å². The zero-order valence-electron chi connectivity index (χ0n) is 12.3. The Hall–Kier alpha value is -1.64. The van der Waals surface area contributed by atoms with Gasteiger partial charge in [-0.1, -0.05) is 68.4 Å². The van der Waals surface area contributed by atoms with Crippen molar-refractivity contribution in [2.24, 2.45) is 0 Å². The van der Waals surface area contributed by atoms with Gasteiger partial charge in [-0.3, -0.25) is 0 Å². The lowest BCUT2D eigenvalue weighted by atomic mass is 10.0. The van der Waals surface area contributed by atoms with Gasteiger partial charge in [-0.25, -0.2) is 0 Å². The second-order valence-corrected chi connectivity index (χ2v) is 5.55. The molecule has 0 saturated carbocycles. The fourth-order valence-electron chi connectivity index (χ4n) is 2.26. The molecule has 2 aromatic carbocycles. The summed E-state index contributed by atoms with van der Waals surface area (Å²) in [5.41, 5.74) is 3.66. The minimum Gasteiger partial charge on any atom is -0.382 e. The van der Waals surface area contributed by atoms with Crippen molar-refractivity contribution in [2.45, 2.75) is 32.4 Å². The van der Waals surface area contributed by atoms with Crippen molar-refractivity contribution in [3.63, 3.8) is 0 Å². The van der Waals surface area contributed by atoms with Gasteiger partial charge in [-0.05, 0) is 17.0 Å². The summed E-state index contributed by atoms with van der Waals surface area (Å²) in [4.78, 5) is 0. The lowest BCUT2D eigenvalue weighted by molar-refractivity contribution is -0.677. The average molecular weight is 270 g/mol. The first-order valence-corrected chi connectivity index (χ1v) is 7.30. The van der Waals surface area contributed by atoms with E-state index in [9.17, 15) is 5.11 Å². The van der Waals surface area contributed by atoms with Crippen molar-refractivity contribution in [2.75, 3.05) is 6.54 Å². The fraction of sp³-hybridized carbons (Fsp3) is 0.333. The molecule has 106 valence electrons. The van der Waals surface area contributed by atoms with Crippen LogP contribution in [0.4, 0.5) is 0 Å². The van der Waals surface area contributed by atoms with E-state index in [4.69, 9.17) is 0 Å². The molecular formula is C18H24NO+. The van der Waals surface area contributed by atoms with Gasteiger partial charge in [-0.15, -0.1) is 0 Å². The quantitative estimate of drug-likeness (QED) is 0.832. The van der Waals surface area contributed by atoms with Crippen molar-refractivity contribution in [1.29, 1.82) is 0 Å². The van der Waals surface area contributed by atoms with Gasteiger partial charge in [0.25, 0.3) is 0 Å². The Balaban J connectivity index is 1.81. The highest BCUT2D eigenvalue weighted by atomic mass is 16.3. The van der Waals surface area contributed by atoms with Crippen LogP contribution in [-0.4, -0.2) is 11.7 Å². The molecule has 2 heteroatoms. The van der Waals surface area contributed by atoms with E-state index in [1.54, 1.807) is 0 Å². The second-order valence-electron chi connectivity index (χ2n) is 5.55. The Morgan fingerprint density at radius 3 is 2.15 bits per heavy atom. The molecule has 20 heavy (non-hydrogen) atoms. The highest BCUT2D eigenvalue weighted by Crippen LogP contribution is 2.14. The third kappa shape index (κ3) is 4.19. The summed E-state index contributed by atoms with van der Waals surface area (Å²) >= 11 is 0. The fourth-order valence-corrected chi connectivity index (χ4v) is 2.26. The first kappa shape index (κ1) is 14.8.